The van der Waals surface area contributed by atoms with E-state index in [-0.39, 0.29) is 17.5 Å². The van der Waals surface area contributed by atoms with Crippen LogP contribution in [0.1, 0.15) is 43.0 Å². The van der Waals surface area contributed by atoms with Gasteiger partial charge < -0.3 is 9.84 Å². The molecule has 0 saturated carbocycles. The molecule has 1 aromatic heterocycles. The van der Waals surface area contributed by atoms with Crippen molar-refractivity contribution in [3.8, 4) is 17.7 Å². The highest BCUT2D eigenvalue weighted by Crippen LogP contribution is 2.31. The first-order valence-electron chi connectivity index (χ1n) is 8.11. The Morgan fingerprint density at radius 3 is 2.77 bits per heavy atom. The smallest absolute Gasteiger partial charge is 0.271 e. The van der Waals surface area contributed by atoms with Crippen LogP contribution in [0.5, 0.6) is 11.6 Å². The Morgan fingerprint density at radius 1 is 1.50 bits per heavy atom. The first kappa shape index (κ1) is 19.5. The second-order valence-corrected chi connectivity index (χ2v) is 6.29. The predicted molar refractivity (Wildman–Crippen MR) is 102 cm³/mol. The van der Waals surface area contributed by atoms with Gasteiger partial charge in [0, 0.05) is 17.3 Å². The number of aromatic hydroxyl groups is 1. The van der Waals surface area contributed by atoms with Gasteiger partial charge in [0.05, 0.1) is 12.7 Å². The number of nitrogens with zero attached hydrogens (tertiary/aromatic N) is 3. The Bertz CT molecular complexity index is 958. The molecule has 1 N–H and O–H groups in total. The standard InChI is InChI=1S/C19H20ClN3O3/c1-5-11(2)23-18(24)14(9-21)12(3)15(19(23)25)10-22-16-8-13(20)6-7-17(16)26-4/h6-8,10-11,25H,5H2,1-4H3. The topological polar surface area (TPSA) is 87.6 Å². The van der Waals surface area contributed by atoms with Crippen molar-refractivity contribution in [1.29, 1.82) is 5.26 Å². The minimum absolute atomic E-state index is 0.0115. The number of rotatable bonds is 5. The lowest BCUT2D eigenvalue weighted by Crippen LogP contribution is -2.27. The van der Waals surface area contributed by atoms with E-state index in [9.17, 15) is 15.2 Å². The largest absolute Gasteiger partial charge is 0.494 e. The molecule has 0 saturated heterocycles. The number of pyridine rings is 1. The van der Waals surface area contributed by atoms with E-state index in [1.54, 1.807) is 32.0 Å². The molecule has 0 aliphatic heterocycles. The summed E-state index contributed by atoms with van der Waals surface area (Å²) >= 11 is 6.00. The average molecular weight is 374 g/mol. The number of aromatic nitrogens is 1. The van der Waals surface area contributed by atoms with Gasteiger partial charge in [0.25, 0.3) is 5.56 Å². The second-order valence-electron chi connectivity index (χ2n) is 5.86. The zero-order valence-corrected chi connectivity index (χ0v) is 15.8. The molecule has 1 aromatic carbocycles. The predicted octanol–water partition coefficient (Wildman–Crippen LogP) is 4.12. The number of hydrogen-bond acceptors (Lipinski definition) is 5. The monoisotopic (exact) mass is 373 g/mol. The average Bonchev–Trinajstić information content (AvgIpc) is 2.61. The summed E-state index contributed by atoms with van der Waals surface area (Å²) in [7, 11) is 1.52. The summed E-state index contributed by atoms with van der Waals surface area (Å²) in [5.74, 6) is 0.296. The maximum atomic E-state index is 12.5. The lowest BCUT2D eigenvalue weighted by molar-refractivity contribution is 0.372. The van der Waals surface area contributed by atoms with Gasteiger partial charge in [-0.3, -0.25) is 14.4 Å². The summed E-state index contributed by atoms with van der Waals surface area (Å²) in [4.78, 5) is 16.9. The van der Waals surface area contributed by atoms with Crippen LogP contribution in [0.4, 0.5) is 5.69 Å². The third kappa shape index (κ3) is 3.58. The summed E-state index contributed by atoms with van der Waals surface area (Å²) in [6, 6.07) is 6.65. The van der Waals surface area contributed by atoms with E-state index in [1.165, 1.54) is 17.9 Å². The van der Waals surface area contributed by atoms with E-state index in [2.05, 4.69) is 4.99 Å². The van der Waals surface area contributed by atoms with Crippen molar-refractivity contribution in [2.45, 2.75) is 33.2 Å². The van der Waals surface area contributed by atoms with Gasteiger partial charge in [-0.2, -0.15) is 5.26 Å². The summed E-state index contributed by atoms with van der Waals surface area (Å²) in [5.41, 5.74) is 0.637. The first-order chi connectivity index (χ1) is 12.3. The Hall–Kier alpha value is -2.78. The van der Waals surface area contributed by atoms with Crippen LogP contribution in [-0.2, 0) is 0 Å². The zero-order chi connectivity index (χ0) is 19.4. The molecule has 1 atom stereocenters. The number of nitriles is 1. The molecule has 7 heteroatoms. The first-order valence-corrected chi connectivity index (χ1v) is 8.49. The van der Waals surface area contributed by atoms with E-state index in [1.807, 2.05) is 13.0 Å². The number of benzene rings is 1. The summed E-state index contributed by atoms with van der Waals surface area (Å²) in [5, 5.41) is 20.5. The molecule has 0 fully saturated rings. The van der Waals surface area contributed by atoms with Crippen molar-refractivity contribution >= 4 is 23.5 Å². The summed E-state index contributed by atoms with van der Waals surface area (Å²) in [6.07, 6.45) is 2.04. The van der Waals surface area contributed by atoms with Gasteiger partial charge in [0.15, 0.2) is 0 Å². The van der Waals surface area contributed by atoms with Crippen LogP contribution in [0, 0.1) is 18.3 Å². The molecule has 0 aliphatic carbocycles. The van der Waals surface area contributed by atoms with Crippen molar-refractivity contribution in [1.82, 2.24) is 4.57 Å². The molecule has 136 valence electrons. The Balaban J connectivity index is 2.69. The minimum Gasteiger partial charge on any atom is -0.494 e. The van der Waals surface area contributed by atoms with Crippen molar-refractivity contribution in [3.63, 3.8) is 0 Å². The normalized spacial score (nSPS) is 12.2. The SMILES string of the molecule is CCC(C)n1c(O)c(C=Nc2cc(Cl)ccc2OC)c(C)c(C#N)c1=O. The molecule has 1 unspecified atom stereocenters. The molecule has 0 bridgehead atoms. The molecule has 0 radical (unpaired) electrons. The Kier molecular flexibility index (Phi) is 6.06. The second kappa shape index (κ2) is 8.07. The molecule has 2 rings (SSSR count). The number of aliphatic imine (C=N–C) groups is 1. The van der Waals surface area contributed by atoms with Crippen LogP contribution in [0.15, 0.2) is 28.0 Å². The quantitative estimate of drug-likeness (QED) is 0.798. The van der Waals surface area contributed by atoms with Gasteiger partial charge >= 0.3 is 0 Å². The van der Waals surface area contributed by atoms with E-state index in [0.29, 0.717) is 34.0 Å². The fraction of sp³-hybridized carbons (Fsp3) is 0.316. The highest BCUT2D eigenvalue weighted by Gasteiger charge is 2.20. The summed E-state index contributed by atoms with van der Waals surface area (Å²) in [6.45, 7) is 5.31. The Morgan fingerprint density at radius 2 is 2.19 bits per heavy atom. The van der Waals surface area contributed by atoms with Gasteiger partial charge in [0.2, 0.25) is 5.88 Å². The number of methoxy groups -OCH3 is 1. The molecule has 2 aromatic rings. The summed E-state index contributed by atoms with van der Waals surface area (Å²) < 4.78 is 6.47. The van der Waals surface area contributed by atoms with E-state index < -0.39 is 5.56 Å². The zero-order valence-electron chi connectivity index (χ0n) is 15.1. The van der Waals surface area contributed by atoms with Crippen LogP contribution in [0.25, 0.3) is 0 Å². The van der Waals surface area contributed by atoms with E-state index in [4.69, 9.17) is 16.3 Å². The third-order valence-corrected chi connectivity index (χ3v) is 4.53. The van der Waals surface area contributed by atoms with Crippen molar-refractivity contribution in [2.24, 2.45) is 4.99 Å². The van der Waals surface area contributed by atoms with E-state index >= 15 is 0 Å². The number of hydrogen-bond donors (Lipinski definition) is 1. The lowest BCUT2D eigenvalue weighted by atomic mass is 10.0. The molecular formula is C19H20ClN3O3. The molecule has 6 nitrogen and oxygen atoms in total. The fourth-order valence-corrected chi connectivity index (χ4v) is 2.75. The number of halogens is 1. The fourth-order valence-electron chi connectivity index (χ4n) is 2.59. The van der Waals surface area contributed by atoms with Gasteiger partial charge in [-0.1, -0.05) is 18.5 Å². The highest BCUT2D eigenvalue weighted by molar-refractivity contribution is 6.30. The van der Waals surface area contributed by atoms with Crippen molar-refractivity contribution < 1.29 is 9.84 Å². The maximum absolute atomic E-state index is 12.5. The molecule has 0 spiro atoms. The van der Waals surface area contributed by atoms with Crippen molar-refractivity contribution in [3.05, 3.63) is 50.3 Å². The maximum Gasteiger partial charge on any atom is 0.271 e. The van der Waals surface area contributed by atoms with Crippen molar-refractivity contribution in [2.75, 3.05) is 7.11 Å². The van der Waals surface area contributed by atoms with Gasteiger partial charge in [-0.05, 0) is 44.0 Å². The molecule has 1 heterocycles. The van der Waals surface area contributed by atoms with Crippen LogP contribution in [-0.4, -0.2) is 23.0 Å². The third-order valence-electron chi connectivity index (χ3n) is 4.30. The van der Waals surface area contributed by atoms with Crippen LogP contribution in [0.2, 0.25) is 5.02 Å². The van der Waals surface area contributed by atoms with Gasteiger partial charge in [-0.15, -0.1) is 0 Å². The molecule has 0 aliphatic rings. The minimum atomic E-state index is -0.505. The van der Waals surface area contributed by atoms with E-state index in [0.717, 1.165) is 0 Å². The highest BCUT2D eigenvalue weighted by atomic mass is 35.5. The molecule has 0 amide bonds. The lowest BCUT2D eigenvalue weighted by Gasteiger charge is -2.18. The molecule has 26 heavy (non-hydrogen) atoms. The Labute approximate surface area is 156 Å². The molecular weight excluding hydrogens is 354 g/mol. The van der Waals surface area contributed by atoms with Gasteiger partial charge in [0.1, 0.15) is 23.1 Å². The van der Waals surface area contributed by atoms with Crippen LogP contribution < -0.4 is 10.3 Å². The van der Waals surface area contributed by atoms with Gasteiger partial charge in [-0.25, -0.2) is 0 Å². The number of ether oxygens (including phenoxy) is 1. The van der Waals surface area contributed by atoms with Crippen LogP contribution >= 0.6 is 11.6 Å². The van der Waals surface area contributed by atoms with Crippen LogP contribution in [0.3, 0.4) is 0 Å².